The number of nitrogens with one attached hydrogen (secondary N) is 3. The van der Waals surface area contributed by atoms with Gasteiger partial charge in [0.15, 0.2) is 0 Å². The normalized spacial score (nSPS) is 10.4. The predicted octanol–water partition coefficient (Wildman–Crippen LogP) is 6.45. The number of carbonyl (C=O) groups is 2. The summed E-state index contributed by atoms with van der Waals surface area (Å²) >= 11 is 8.93. The van der Waals surface area contributed by atoms with Crippen molar-refractivity contribution < 1.29 is 9.59 Å². The van der Waals surface area contributed by atoms with Crippen LogP contribution in [-0.4, -0.2) is 18.2 Å². The molecule has 0 aliphatic heterocycles. The Labute approximate surface area is 189 Å². The van der Waals surface area contributed by atoms with Crippen LogP contribution >= 0.6 is 35.3 Å². The Morgan fingerprint density at radius 1 is 0.900 bits per heavy atom. The highest BCUT2D eigenvalue weighted by atomic mass is 35.5. The van der Waals surface area contributed by atoms with Crippen LogP contribution in [0.15, 0.2) is 76.5 Å². The molecule has 8 heteroatoms. The first-order valence-corrected chi connectivity index (χ1v) is 11.4. The molecule has 0 aliphatic carbocycles. The molecule has 3 N–H and O–H groups in total. The average Bonchev–Trinajstić information content (AvgIpc) is 2.74. The molecule has 0 saturated carbocycles. The number of thioether (sulfide) groups is 1. The second-order valence-corrected chi connectivity index (χ2v) is 8.44. The zero-order valence-electron chi connectivity index (χ0n) is 16.4. The maximum absolute atomic E-state index is 12.4. The summed E-state index contributed by atoms with van der Waals surface area (Å²) in [6.45, 7) is 1.89. The number of aryl methyl sites for hydroxylation is 1. The van der Waals surface area contributed by atoms with Crippen molar-refractivity contribution in [2.45, 2.75) is 16.7 Å². The van der Waals surface area contributed by atoms with Crippen LogP contribution in [0.2, 0.25) is 5.02 Å². The molecule has 154 valence electrons. The molecule has 0 unspecified atom stereocenters. The van der Waals surface area contributed by atoms with Gasteiger partial charge in [0, 0.05) is 26.7 Å². The van der Waals surface area contributed by atoms with E-state index in [0.29, 0.717) is 22.0 Å². The summed E-state index contributed by atoms with van der Waals surface area (Å²) in [5, 5.41) is 6.26. The molecule has 0 bridgehead atoms. The third-order valence-corrected chi connectivity index (χ3v) is 6.17. The summed E-state index contributed by atoms with van der Waals surface area (Å²) in [5.41, 5.74) is 2.79. The molecule has 0 aliphatic rings. The van der Waals surface area contributed by atoms with Gasteiger partial charge in [0.05, 0.1) is 5.02 Å². The van der Waals surface area contributed by atoms with Gasteiger partial charge in [0.25, 0.3) is 5.91 Å². The van der Waals surface area contributed by atoms with Crippen LogP contribution in [0.4, 0.5) is 16.2 Å². The molecule has 0 radical (unpaired) electrons. The van der Waals surface area contributed by atoms with E-state index in [4.69, 9.17) is 11.6 Å². The minimum atomic E-state index is -0.359. The van der Waals surface area contributed by atoms with Crippen molar-refractivity contribution in [2.24, 2.45) is 0 Å². The van der Waals surface area contributed by atoms with Crippen molar-refractivity contribution in [1.82, 2.24) is 4.72 Å². The van der Waals surface area contributed by atoms with E-state index in [1.54, 1.807) is 42.1 Å². The highest BCUT2D eigenvalue weighted by molar-refractivity contribution is 7.99. The summed E-state index contributed by atoms with van der Waals surface area (Å²) in [6.07, 6.45) is 1.96. The highest BCUT2D eigenvalue weighted by Gasteiger charge is 2.09. The Morgan fingerprint density at radius 2 is 1.57 bits per heavy atom. The summed E-state index contributed by atoms with van der Waals surface area (Å²) in [7, 11) is 0. The highest BCUT2D eigenvalue weighted by Crippen LogP contribution is 2.29. The van der Waals surface area contributed by atoms with Crippen LogP contribution in [0, 0.1) is 6.92 Å². The number of urea groups is 1. The molecule has 3 amide bonds. The lowest BCUT2D eigenvalue weighted by molar-refractivity contribution is 0.102. The Balaban J connectivity index is 1.52. The van der Waals surface area contributed by atoms with Crippen molar-refractivity contribution in [2.75, 3.05) is 16.9 Å². The number of hydrogen-bond acceptors (Lipinski definition) is 4. The quantitative estimate of drug-likeness (QED) is 0.294. The Morgan fingerprint density at radius 3 is 2.20 bits per heavy atom. The van der Waals surface area contributed by atoms with Crippen LogP contribution < -0.4 is 15.4 Å². The maximum atomic E-state index is 12.4. The maximum Gasteiger partial charge on any atom is 0.329 e. The average molecular weight is 458 g/mol. The summed E-state index contributed by atoms with van der Waals surface area (Å²) < 4.78 is 2.72. The number of anilines is 2. The number of hydrogen-bond donors (Lipinski definition) is 3. The zero-order valence-corrected chi connectivity index (χ0v) is 18.8. The lowest BCUT2D eigenvalue weighted by Gasteiger charge is -2.10. The van der Waals surface area contributed by atoms with Gasteiger partial charge < -0.3 is 10.6 Å². The third-order valence-electron chi connectivity index (χ3n) is 4.18. The lowest BCUT2D eigenvalue weighted by atomic mass is 10.1. The van der Waals surface area contributed by atoms with E-state index >= 15 is 0 Å². The van der Waals surface area contributed by atoms with Crippen molar-refractivity contribution in [3.63, 3.8) is 0 Å². The number of halogens is 1. The SMILES string of the molecule is CSc1ccc(SNC(=O)Nc2ccc(NC(=O)c3ccccc3C)cc2)cc1Cl. The van der Waals surface area contributed by atoms with Gasteiger partial charge in [0.2, 0.25) is 0 Å². The molecule has 0 heterocycles. The molecule has 3 aromatic rings. The van der Waals surface area contributed by atoms with Crippen molar-refractivity contribution in [3.8, 4) is 0 Å². The van der Waals surface area contributed by atoms with Crippen molar-refractivity contribution in [1.29, 1.82) is 0 Å². The number of benzene rings is 3. The topological polar surface area (TPSA) is 70.2 Å². The fourth-order valence-corrected chi connectivity index (χ4v) is 4.14. The smallest absolute Gasteiger partial charge is 0.322 e. The number of amides is 3. The van der Waals surface area contributed by atoms with Gasteiger partial charge in [-0.3, -0.25) is 9.52 Å². The minimum absolute atomic E-state index is 0.172. The van der Waals surface area contributed by atoms with Crippen molar-refractivity contribution >= 4 is 58.6 Å². The first-order valence-electron chi connectivity index (χ1n) is 9.00. The molecule has 0 saturated heterocycles. The van der Waals surface area contributed by atoms with Gasteiger partial charge in [0.1, 0.15) is 0 Å². The molecular formula is C22H20ClN3O2S2. The molecule has 3 aromatic carbocycles. The fourth-order valence-electron chi connectivity index (χ4n) is 2.64. The molecule has 0 aromatic heterocycles. The summed E-state index contributed by atoms with van der Waals surface area (Å²) in [4.78, 5) is 26.3. The van der Waals surface area contributed by atoms with Gasteiger partial charge in [-0.05, 0) is 79.2 Å². The molecular weight excluding hydrogens is 438 g/mol. The summed E-state index contributed by atoms with van der Waals surface area (Å²) in [5.74, 6) is -0.172. The Bertz CT molecular complexity index is 1060. The van der Waals surface area contributed by atoms with Gasteiger partial charge in [-0.1, -0.05) is 29.8 Å². The number of rotatable bonds is 6. The fraction of sp³-hybridized carbons (Fsp3) is 0.0909. The van der Waals surface area contributed by atoms with Gasteiger partial charge in [-0.25, -0.2) is 4.79 Å². The van der Waals surface area contributed by atoms with E-state index < -0.39 is 0 Å². The van der Waals surface area contributed by atoms with Crippen LogP contribution in [0.3, 0.4) is 0 Å². The van der Waals surface area contributed by atoms with Gasteiger partial charge in [-0.15, -0.1) is 11.8 Å². The summed E-state index contributed by atoms with van der Waals surface area (Å²) in [6, 6.07) is 19.6. The monoisotopic (exact) mass is 457 g/mol. The van der Waals surface area contributed by atoms with Crippen LogP contribution in [0.25, 0.3) is 0 Å². The third kappa shape index (κ3) is 5.95. The molecule has 0 atom stereocenters. The molecule has 0 spiro atoms. The van der Waals surface area contributed by atoms with Crippen LogP contribution in [0.5, 0.6) is 0 Å². The molecule has 3 rings (SSSR count). The first-order chi connectivity index (χ1) is 14.5. The van der Waals surface area contributed by atoms with E-state index in [9.17, 15) is 9.59 Å². The van der Waals surface area contributed by atoms with Crippen molar-refractivity contribution in [3.05, 3.63) is 82.9 Å². The van der Waals surface area contributed by atoms with Crippen LogP contribution in [0.1, 0.15) is 15.9 Å². The Hall–Kier alpha value is -2.61. The predicted molar refractivity (Wildman–Crippen MR) is 127 cm³/mol. The zero-order chi connectivity index (χ0) is 21.5. The molecule has 5 nitrogen and oxygen atoms in total. The van der Waals surface area contributed by atoms with E-state index in [1.807, 2.05) is 49.6 Å². The Kier molecular flexibility index (Phi) is 7.68. The number of carbonyl (C=O) groups excluding carboxylic acids is 2. The van der Waals surface area contributed by atoms with E-state index in [0.717, 1.165) is 15.4 Å². The van der Waals surface area contributed by atoms with E-state index in [2.05, 4.69) is 15.4 Å². The largest absolute Gasteiger partial charge is 0.329 e. The second-order valence-electron chi connectivity index (χ2n) is 6.30. The molecule has 30 heavy (non-hydrogen) atoms. The van der Waals surface area contributed by atoms with E-state index in [-0.39, 0.29) is 11.9 Å². The molecule has 0 fully saturated rings. The standard InChI is InChI=1S/C22H20ClN3O2S2/c1-14-5-3-4-6-18(14)21(27)24-15-7-9-16(10-8-15)25-22(28)26-30-17-11-12-20(29-2)19(23)13-17/h3-13H,1-2H3,(H,24,27)(H2,25,26,28). The first kappa shape index (κ1) is 22.1. The minimum Gasteiger partial charge on any atom is -0.322 e. The lowest BCUT2D eigenvalue weighted by Crippen LogP contribution is -2.22. The van der Waals surface area contributed by atoms with Gasteiger partial charge >= 0.3 is 6.03 Å². The second kappa shape index (κ2) is 10.4. The van der Waals surface area contributed by atoms with E-state index in [1.165, 1.54) is 11.9 Å². The van der Waals surface area contributed by atoms with Crippen LogP contribution in [-0.2, 0) is 0 Å². The van der Waals surface area contributed by atoms with Gasteiger partial charge in [-0.2, -0.15) is 0 Å².